The molecule has 2 saturated heterocycles. The Hall–Kier alpha value is -0.490. The number of carbonyl (C=O) groups is 1. The van der Waals surface area contributed by atoms with Crippen LogP contribution in [-0.2, 0) is 19.0 Å². The average molecular weight is 215 g/mol. The van der Waals surface area contributed by atoms with Gasteiger partial charge >= 0.3 is 0 Å². The topological polar surface area (TPSA) is 56.8 Å². The predicted octanol–water partition coefficient (Wildman–Crippen LogP) is 0.0398. The van der Waals surface area contributed by atoms with Crippen LogP contribution in [0.4, 0.5) is 0 Å². The van der Waals surface area contributed by atoms with Crippen molar-refractivity contribution < 1.29 is 19.0 Å². The number of nitrogens with one attached hydrogen (secondary N) is 1. The van der Waals surface area contributed by atoms with E-state index in [1.807, 2.05) is 13.8 Å². The average Bonchev–Trinajstić information content (AvgIpc) is 2.55. The van der Waals surface area contributed by atoms with E-state index in [0.717, 1.165) is 0 Å². The van der Waals surface area contributed by atoms with Crippen molar-refractivity contribution in [3.05, 3.63) is 0 Å². The molecule has 0 aromatic heterocycles. The second-order valence-corrected chi connectivity index (χ2v) is 4.45. The predicted molar refractivity (Wildman–Crippen MR) is 52.2 cm³/mol. The first-order valence-electron chi connectivity index (χ1n) is 5.13. The van der Waals surface area contributed by atoms with E-state index < -0.39 is 18.2 Å². The molecular weight excluding hydrogens is 198 g/mol. The molecule has 0 saturated carbocycles. The number of likely N-dealkylation sites (N-methyl/N-ethyl adjacent to an activating group) is 1. The number of carbonyl (C=O) groups excluding carboxylic acids is 1. The normalized spacial score (nSPS) is 42.9. The van der Waals surface area contributed by atoms with Gasteiger partial charge in [0.25, 0.3) is 0 Å². The Balaban J connectivity index is 2.15. The third-order valence-electron chi connectivity index (χ3n) is 2.78. The van der Waals surface area contributed by atoms with Crippen molar-refractivity contribution in [2.75, 3.05) is 7.05 Å². The summed E-state index contributed by atoms with van der Waals surface area (Å²) in [4.78, 5) is 11.3. The minimum absolute atomic E-state index is 0.00578. The highest BCUT2D eigenvalue weighted by Crippen LogP contribution is 2.37. The number of hydrogen-bond acceptors (Lipinski definition) is 5. The van der Waals surface area contributed by atoms with Crippen molar-refractivity contribution in [3.63, 3.8) is 0 Å². The molecule has 2 aliphatic rings. The molecule has 5 nitrogen and oxygen atoms in total. The zero-order valence-electron chi connectivity index (χ0n) is 9.44. The highest BCUT2D eigenvalue weighted by Gasteiger charge is 2.55. The number of rotatable bonds is 2. The maximum Gasteiger partial charge on any atom is 0.189 e. The summed E-state index contributed by atoms with van der Waals surface area (Å²) in [6.07, 6.45) is -1.12. The number of Topliss-reactive ketones (excluding diaryl/α,β-unsaturated/α-hetero) is 1. The molecular formula is C10H17NO4. The fourth-order valence-electron chi connectivity index (χ4n) is 2.17. The van der Waals surface area contributed by atoms with Gasteiger partial charge in [-0.2, -0.15) is 0 Å². The monoisotopic (exact) mass is 215 g/mol. The Morgan fingerprint density at radius 2 is 2.00 bits per heavy atom. The fourth-order valence-corrected chi connectivity index (χ4v) is 2.17. The van der Waals surface area contributed by atoms with Crippen LogP contribution in [0.1, 0.15) is 20.8 Å². The van der Waals surface area contributed by atoms with Crippen LogP contribution in [0.2, 0.25) is 0 Å². The molecule has 0 amide bonds. The van der Waals surface area contributed by atoms with Gasteiger partial charge in [-0.15, -0.1) is 0 Å². The summed E-state index contributed by atoms with van der Waals surface area (Å²) in [5.41, 5.74) is 0. The zero-order valence-corrected chi connectivity index (χ0v) is 9.44. The summed E-state index contributed by atoms with van der Waals surface area (Å²) < 4.78 is 16.8. The van der Waals surface area contributed by atoms with Gasteiger partial charge in [-0.25, -0.2) is 0 Å². The van der Waals surface area contributed by atoms with Crippen molar-refractivity contribution in [3.8, 4) is 0 Å². The molecule has 0 aromatic carbocycles. The zero-order chi connectivity index (χ0) is 11.2. The van der Waals surface area contributed by atoms with Gasteiger partial charge in [0.1, 0.15) is 12.2 Å². The number of fused-ring (bicyclic) bond motifs is 1. The molecule has 2 rings (SSSR count). The number of hydrogen-bond donors (Lipinski definition) is 1. The van der Waals surface area contributed by atoms with Gasteiger partial charge in [0.2, 0.25) is 0 Å². The van der Waals surface area contributed by atoms with E-state index in [4.69, 9.17) is 14.2 Å². The molecule has 0 aliphatic carbocycles. The van der Waals surface area contributed by atoms with Crippen LogP contribution >= 0.6 is 0 Å². The highest BCUT2D eigenvalue weighted by atomic mass is 16.8. The maximum absolute atomic E-state index is 11.3. The summed E-state index contributed by atoms with van der Waals surface area (Å²) >= 11 is 0. The smallest absolute Gasteiger partial charge is 0.189 e. The standard InChI is InChI=1S/C10H17NO4/c1-5(12)7-6(11-4)8-9(13-7)15-10(2,3)14-8/h6-9,11H,1-4H3/t6-,7+,8-,9+/m0/s1. The first-order valence-corrected chi connectivity index (χ1v) is 5.13. The number of ether oxygens (including phenoxy) is 3. The van der Waals surface area contributed by atoms with Crippen LogP contribution in [0.25, 0.3) is 0 Å². The summed E-state index contributed by atoms with van der Waals surface area (Å²) in [6, 6.07) is -0.130. The third kappa shape index (κ3) is 1.80. The molecule has 0 spiro atoms. The minimum Gasteiger partial charge on any atom is -0.340 e. The Morgan fingerprint density at radius 1 is 1.33 bits per heavy atom. The minimum atomic E-state index is -0.633. The molecule has 2 fully saturated rings. The Bertz CT molecular complexity index is 279. The second-order valence-electron chi connectivity index (χ2n) is 4.45. The molecule has 4 atom stereocenters. The molecule has 0 unspecified atom stereocenters. The summed E-state index contributed by atoms with van der Waals surface area (Å²) in [7, 11) is 1.79. The van der Waals surface area contributed by atoms with E-state index in [1.165, 1.54) is 6.92 Å². The van der Waals surface area contributed by atoms with Gasteiger partial charge in [0, 0.05) is 0 Å². The molecule has 86 valence electrons. The Kier molecular flexibility index (Phi) is 2.58. The summed E-state index contributed by atoms with van der Waals surface area (Å²) in [6.45, 7) is 5.19. The maximum atomic E-state index is 11.3. The Morgan fingerprint density at radius 3 is 2.53 bits per heavy atom. The van der Waals surface area contributed by atoms with Gasteiger partial charge in [-0.1, -0.05) is 0 Å². The highest BCUT2D eigenvalue weighted by molar-refractivity contribution is 5.81. The van der Waals surface area contributed by atoms with Gasteiger partial charge in [0.15, 0.2) is 17.9 Å². The van der Waals surface area contributed by atoms with Crippen LogP contribution in [0.3, 0.4) is 0 Å². The summed E-state index contributed by atoms with van der Waals surface area (Å²) in [5, 5.41) is 3.05. The number of ketones is 1. The molecule has 2 heterocycles. The van der Waals surface area contributed by atoms with Crippen LogP contribution < -0.4 is 5.32 Å². The van der Waals surface area contributed by atoms with E-state index in [2.05, 4.69) is 5.32 Å². The van der Waals surface area contributed by atoms with E-state index in [1.54, 1.807) is 7.05 Å². The van der Waals surface area contributed by atoms with E-state index in [9.17, 15) is 4.79 Å². The van der Waals surface area contributed by atoms with Crippen LogP contribution in [0, 0.1) is 0 Å². The quantitative estimate of drug-likeness (QED) is 0.705. The van der Waals surface area contributed by atoms with Crippen molar-refractivity contribution in [2.45, 2.75) is 51.1 Å². The first kappa shape index (κ1) is 11.0. The van der Waals surface area contributed by atoms with Crippen LogP contribution in [0.15, 0.2) is 0 Å². The van der Waals surface area contributed by atoms with Crippen LogP contribution in [-0.4, -0.2) is 43.2 Å². The lowest BCUT2D eigenvalue weighted by Gasteiger charge is -2.24. The Labute approximate surface area is 89.1 Å². The van der Waals surface area contributed by atoms with Crippen molar-refractivity contribution in [2.24, 2.45) is 0 Å². The van der Waals surface area contributed by atoms with Gasteiger partial charge in [-0.05, 0) is 27.8 Å². The van der Waals surface area contributed by atoms with Gasteiger partial charge < -0.3 is 19.5 Å². The molecule has 0 radical (unpaired) electrons. The molecule has 15 heavy (non-hydrogen) atoms. The third-order valence-corrected chi connectivity index (χ3v) is 2.78. The van der Waals surface area contributed by atoms with Gasteiger partial charge in [0.05, 0.1) is 6.04 Å². The molecule has 5 heteroatoms. The van der Waals surface area contributed by atoms with Crippen molar-refractivity contribution in [1.82, 2.24) is 5.32 Å². The molecule has 2 aliphatic heterocycles. The van der Waals surface area contributed by atoms with Crippen LogP contribution in [0.5, 0.6) is 0 Å². The van der Waals surface area contributed by atoms with Gasteiger partial charge in [-0.3, -0.25) is 4.79 Å². The lowest BCUT2D eigenvalue weighted by molar-refractivity contribution is -0.207. The first-order chi connectivity index (χ1) is 6.94. The molecule has 0 bridgehead atoms. The van der Waals surface area contributed by atoms with E-state index in [-0.39, 0.29) is 17.9 Å². The summed E-state index contributed by atoms with van der Waals surface area (Å²) in [5.74, 6) is -0.639. The lowest BCUT2D eigenvalue weighted by Crippen LogP contribution is -2.46. The second kappa shape index (κ2) is 3.52. The molecule has 0 aromatic rings. The fraction of sp³-hybridized carbons (Fsp3) is 0.900. The van der Waals surface area contributed by atoms with E-state index in [0.29, 0.717) is 0 Å². The SMILES string of the molecule is CN[C@@H]1[C@@H]2OC(C)(C)O[C@H]2O[C@@H]1C(C)=O. The molecule has 1 N–H and O–H groups in total. The van der Waals surface area contributed by atoms with E-state index >= 15 is 0 Å². The lowest BCUT2D eigenvalue weighted by atomic mass is 10.1. The largest absolute Gasteiger partial charge is 0.340 e. The van der Waals surface area contributed by atoms with Crippen molar-refractivity contribution >= 4 is 5.78 Å². The van der Waals surface area contributed by atoms with Crippen molar-refractivity contribution in [1.29, 1.82) is 0 Å².